The summed E-state index contributed by atoms with van der Waals surface area (Å²) in [6, 6.07) is 15.1. The largest absolute Gasteiger partial charge is 0.445 e. The third-order valence-electron chi connectivity index (χ3n) is 4.72. The highest BCUT2D eigenvalue weighted by atomic mass is 16.6. The van der Waals surface area contributed by atoms with Crippen LogP contribution in [-0.2, 0) is 4.74 Å². The quantitative estimate of drug-likeness (QED) is 0.900. The number of carbonyl (C=O) groups is 1. The maximum atomic E-state index is 11.1. The molecule has 1 fully saturated rings. The van der Waals surface area contributed by atoms with E-state index in [1.54, 1.807) is 0 Å². The fourth-order valence-electron chi connectivity index (χ4n) is 3.62. The van der Waals surface area contributed by atoms with E-state index in [-0.39, 0.29) is 18.2 Å². The zero-order chi connectivity index (χ0) is 16.2. The zero-order valence-electron chi connectivity index (χ0n) is 13.5. The molecule has 3 unspecified atom stereocenters. The summed E-state index contributed by atoms with van der Waals surface area (Å²) in [6.07, 6.45) is 3.31. The molecule has 23 heavy (non-hydrogen) atoms. The van der Waals surface area contributed by atoms with Crippen molar-refractivity contribution in [3.63, 3.8) is 0 Å². The van der Waals surface area contributed by atoms with Gasteiger partial charge in [0, 0.05) is 12.1 Å². The zero-order valence-corrected chi connectivity index (χ0v) is 13.5. The molecule has 2 aromatic rings. The van der Waals surface area contributed by atoms with Crippen molar-refractivity contribution in [1.29, 1.82) is 0 Å². The maximum absolute atomic E-state index is 11.1. The number of ether oxygens (including phenoxy) is 1. The summed E-state index contributed by atoms with van der Waals surface area (Å²) in [4.78, 5) is 11.1. The molecule has 0 aromatic heterocycles. The van der Waals surface area contributed by atoms with Gasteiger partial charge >= 0.3 is 6.09 Å². The van der Waals surface area contributed by atoms with Crippen molar-refractivity contribution in [1.82, 2.24) is 5.32 Å². The van der Waals surface area contributed by atoms with Crippen LogP contribution in [0.4, 0.5) is 4.79 Å². The highest BCUT2D eigenvalue weighted by Gasteiger charge is 2.29. The number of hydrogen-bond acceptors (Lipinski definition) is 3. The van der Waals surface area contributed by atoms with Gasteiger partial charge in [0.15, 0.2) is 0 Å². The lowest BCUT2D eigenvalue weighted by Gasteiger charge is -2.33. The van der Waals surface area contributed by atoms with Crippen LogP contribution in [0.15, 0.2) is 42.5 Å². The van der Waals surface area contributed by atoms with Gasteiger partial charge in [-0.15, -0.1) is 0 Å². The second kappa shape index (κ2) is 7.01. The van der Waals surface area contributed by atoms with Crippen LogP contribution in [0.1, 0.15) is 44.2 Å². The van der Waals surface area contributed by atoms with E-state index in [1.165, 1.54) is 16.3 Å². The molecule has 3 atom stereocenters. The Morgan fingerprint density at radius 3 is 2.74 bits per heavy atom. The van der Waals surface area contributed by atoms with Crippen molar-refractivity contribution in [2.24, 2.45) is 5.73 Å². The van der Waals surface area contributed by atoms with E-state index in [0.29, 0.717) is 0 Å². The summed E-state index contributed by atoms with van der Waals surface area (Å²) < 4.78 is 5.30. The van der Waals surface area contributed by atoms with Crippen LogP contribution in [-0.4, -0.2) is 18.2 Å². The number of benzene rings is 2. The fraction of sp³-hybridized carbons (Fsp3) is 0.421. The molecule has 0 heterocycles. The Balaban J connectivity index is 1.79. The van der Waals surface area contributed by atoms with Gasteiger partial charge in [-0.2, -0.15) is 0 Å². The number of fused-ring (bicyclic) bond motifs is 1. The van der Waals surface area contributed by atoms with Crippen molar-refractivity contribution >= 4 is 16.9 Å². The normalized spacial score (nSPS) is 22.7. The lowest BCUT2D eigenvalue weighted by atomic mass is 9.90. The van der Waals surface area contributed by atoms with Crippen LogP contribution in [0.25, 0.3) is 10.8 Å². The Kier molecular flexibility index (Phi) is 4.82. The highest BCUT2D eigenvalue weighted by Crippen LogP contribution is 2.27. The van der Waals surface area contributed by atoms with Gasteiger partial charge in [-0.1, -0.05) is 48.9 Å². The summed E-state index contributed by atoms with van der Waals surface area (Å²) >= 11 is 0. The van der Waals surface area contributed by atoms with Gasteiger partial charge in [0.05, 0.1) is 0 Å². The van der Waals surface area contributed by atoms with Crippen LogP contribution >= 0.6 is 0 Å². The first-order chi connectivity index (χ1) is 11.1. The third kappa shape index (κ3) is 3.64. The molecule has 1 aliphatic rings. The monoisotopic (exact) mass is 312 g/mol. The number of carbonyl (C=O) groups excluding carboxylic acids is 1. The van der Waals surface area contributed by atoms with Gasteiger partial charge in [-0.25, -0.2) is 4.79 Å². The second-order valence-electron chi connectivity index (χ2n) is 6.32. The minimum Gasteiger partial charge on any atom is -0.445 e. The molecule has 0 aliphatic heterocycles. The second-order valence-corrected chi connectivity index (χ2v) is 6.32. The average Bonchev–Trinajstić information content (AvgIpc) is 2.55. The number of primary amides is 1. The summed E-state index contributed by atoms with van der Waals surface area (Å²) in [5, 5.41) is 6.15. The van der Waals surface area contributed by atoms with Gasteiger partial charge < -0.3 is 15.8 Å². The van der Waals surface area contributed by atoms with Crippen LogP contribution in [0.2, 0.25) is 0 Å². The van der Waals surface area contributed by atoms with Crippen LogP contribution in [0, 0.1) is 0 Å². The van der Waals surface area contributed by atoms with E-state index in [9.17, 15) is 4.79 Å². The van der Waals surface area contributed by atoms with Gasteiger partial charge in [0.2, 0.25) is 0 Å². The van der Waals surface area contributed by atoms with Crippen LogP contribution in [0.5, 0.6) is 0 Å². The standard InChI is InChI=1S/C19H24N2O2/c1-13(15-10-6-8-14-7-2-3-9-16(14)15)21-17-11-4-5-12-18(17)23-19(20)22/h2-3,6-10,13,17-18,21H,4-5,11-12H2,1H3,(H2,20,22). The van der Waals surface area contributed by atoms with Crippen molar-refractivity contribution in [3.8, 4) is 0 Å². The van der Waals surface area contributed by atoms with Crippen LogP contribution < -0.4 is 11.1 Å². The van der Waals surface area contributed by atoms with E-state index in [2.05, 4.69) is 54.7 Å². The summed E-state index contributed by atoms with van der Waals surface area (Å²) in [5.41, 5.74) is 6.48. The van der Waals surface area contributed by atoms with Crippen molar-refractivity contribution < 1.29 is 9.53 Å². The van der Waals surface area contributed by atoms with E-state index in [1.807, 2.05) is 0 Å². The molecular formula is C19H24N2O2. The topological polar surface area (TPSA) is 64.3 Å². The molecule has 1 amide bonds. The molecule has 0 radical (unpaired) electrons. The molecule has 3 rings (SSSR count). The Morgan fingerprint density at radius 2 is 1.91 bits per heavy atom. The maximum Gasteiger partial charge on any atom is 0.404 e. The SMILES string of the molecule is CC(NC1CCCCC1OC(N)=O)c1cccc2ccccc12. The predicted octanol–water partition coefficient (Wildman–Crippen LogP) is 3.90. The molecular weight excluding hydrogens is 288 g/mol. The smallest absolute Gasteiger partial charge is 0.404 e. The Labute approximate surface area is 137 Å². The molecule has 0 spiro atoms. The summed E-state index contributed by atoms with van der Waals surface area (Å²) in [6.45, 7) is 2.16. The lowest BCUT2D eigenvalue weighted by molar-refractivity contribution is 0.0554. The minimum atomic E-state index is -0.679. The van der Waals surface area contributed by atoms with Crippen molar-refractivity contribution in [3.05, 3.63) is 48.0 Å². The fourth-order valence-corrected chi connectivity index (χ4v) is 3.62. The van der Waals surface area contributed by atoms with Gasteiger partial charge in [0.25, 0.3) is 0 Å². The van der Waals surface area contributed by atoms with E-state index in [0.717, 1.165) is 25.7 Å². The molecule has 0 bridgehead atoms. The average molecular weight is 312 g/mol. The van der Waals surface area contributed by atoms with Gasteiger partial charge in [-0.05, 0) is 42.5 Å². The van der Waals surface area contributed by atoms with Gasteiger partial charge in [-0.3, -0.25) is 0 Å². The van der Waals surface area contributed by atoms with E-state index >= 15 is 0 Å². The molecule has 4 heteroatoms. The molecule has 122 valence electrons. The number of amides is 1. The van der Waals surface area contributed by atoms with Crippen molar-refractivity contribution in [2.45, 2.75) is 50.8 Å². The molecule has 1 aliphatic carbocycles. The van der Waals surface area contributed by atoms with Crippen LogP contribution in [0.3, 0.4) is 0 Å². The van der Waals surface area contributed by atoms with E-state index < -0.39 is 6.09 Å². The molecule has 3 N–H and O–H groups in total. The number of nitrogens with two attached hydrogens (primary N) is 1. The Bertz CT molecular complexity index is 681. The summed E-state index contributed by atoms with van der Waals surface area (Å²) in [5.74, 6) is 0. The first-order valence-electron chi connectivity index (χ1n) is 8.35. The first-order valence-corrected chi connectivity index (χ1v) is 8.35. The Morgan fingerprint density at radius 1 is 1.17 bits per heavy atom. The third-order valence-corrected chi connectivity index (χ3v) is 4.72. The van der Waals surface area contributed by atoms with Gasteiger partial charge in [0.1, 0.15) is 6.10 Å². The molecule has 4 nitrogen and oxygen atoms in total. The lowest BCUT2D eigenvalue weighted by Crippen LogP contribution is -2.46. The highest BCUT2D eigenvalue weighted by molar-refractivity contribution is 5.86. The van der Waals surface area contributed by atoms with Crippen molar-refractivity contribution in [2.75, 3.05) is 0 Å². The van der Waals surface area contributed by atoms with E-state index in [4.69, 9.17) is 10.5 Å². The minimum absolute atomic E-state index is 0.126. The molecule has 0 saturated heterocycles. The number of rotatable bonds is 4. The molecule has 1 saturated carbocycles. The summed E-state index contributed by atoms with van der Waals surface area (Å²) in [7, 11) is 0. The first kappa shape index (κ1) is 15.8. The molecule has 2 aromatic carbocycles. The number of hydrogen-bond donors (Lipinski definition) is 2. The predicted molar refractivity (Wildman–Crippen MR) is 92.2 cm³/mol. The Hall–Kier alpha value is -2.07. The number of nitrogens with one attached hydrogen (secondary N) is 1.